The zero-order valence-corrected chi connectivity index (χ0v) is 13.7. The van der Waals surface area contributed by atoms with Crippen molar-refractivity contribution < 1.29 is 5.11 Å². The SMILES string of the molecule is CCC(CO)Nc1nc(Nc2cc(N)cc(Cl)c2)c2n[nH]nc2n1. The Hall–Kier alpha value is -2.65. The molecule has 3 aromatic rings. The summed E-state index contributed by atoms with van der Waals surface area (Å²) in [4.78, 5) is 8.69. The number of hydrogen-bond acceptors (Lipinski definition) is 8. The number of anilines is 4. The topological polar surface area (TPSA) is 138 Å². The van der Waals surface area contributed by atoms with Gasteiger partial charge >= 0.3 is 0 Å². The fourth-order valence-corrected chi connectivity index (χ4v) is 2.42. The number of nitrogens with one attached hydrogen (secondary N) is 3. The normalized spacial score (nSPS) is 12.3. The number of halogens is 1. The molecule has 0 fully saturated rings. The first-order chi connectivity index (χ1) is 11.6. The first-order valence-electron chi connectivity index (χ1n) is 7.38. The Morgan fingerprint density at radius 1 is 1.29 bits per heavy atom. The van der Waals surface area contributed by atoms with Gasteiger partial charge in [0.15, 0.2) is 11.3 Å². The van der Waals surface area contributed by atoms with E-state index in [0.29, 0.717) is 39.3 Å². The van der Waals surface area contributed by atoms with Crippen molar-refractivity contribution in [1.29, 1.82) is 0 Å². The predicted octanol–water partition coefficient (Wildman–Crippen LogP) is 1.91. The van der Waals surface area contributed by atoms with Crippen molar-refractivity contribution in [2.24, 2.45) is 0 Å². The van der Waals surface area contributed by atoms with Gasteiger partial charge in [0.25, 0.3) is 0 Å². The van der Waals surface area contributed by atoms with Crippen LogP contribution in [-0.2, 0) is 0 Å². The third-order valence-electron chi connectivity index (χ3n) is 3.41. The molecule has 0 saturated carbocycles. The Balaban J connectivity index is 1.97. The van der Waals surface area contributed by atoms with Gasteiger partial charge in [-0.2, -0.15) is 20.3 Å². The molecule has 1 unspecified atom stereocenters. The number of fused-ring (bicyclic) bond motifs is 1. The van der Waals surface area contributed by atoms with Crippen LogP contribution < -0.4 is 16.4 Å². The van der Waals surface area contributed by atoms with Gasteiger partial charge < -0.3 is 21.5 Å². The lowest BCUT2D eigenvalue weighted by Gasteiger charge is -2.15. The third kappa shape index (κ3) is 3.47. The number of aliphatic hydroxyl groups is 1. The molecule has 0 aliphatic rings. The summed E-state index contributed by atoms with van der Waals surface area (Å²) in [6.45, 7) is 1.93. The van der Waals surface area contributed by atoms with Crippen LogP contribution in [0.3, 0.4) is 0 Å². The van der Waals surface area contributed by atoms with Crippen LogP contribution in [0.2, 0.25) is 5.02 Å². The molecule has 24 heavy (non-hydrogen) atoms. The van der Waals surface area contributed by atoms with Gasteiger partial charge in [-0.1, -0.05) is 18.5 Å². The van der Waals surface area contributed by atoms with E-state index in [9.17, 15) is 5.11 Å². The quantitative estimate of drug-likeness (QED) is 0.426. The van der Waals surface area contributed by atoms with Crippen LogP contribution in [0.15, 0.2) is 18.2 Å². The average Bonchev–Trinajstić information content (AvgIpc) is 3.00. The number of nitrogens with two attached hydrogens (primary N) is 1. The summed E-state index contributed by atoms with van der Waals surface area (Å²) in [5.74, 6) is 0.792. The lowest BCUT2D eigenvalue weighted by Crippen LogP contribution is -2.24. The highest BCUT2D eigenvalue weighted by Gasteiger charge is 2.14. The van der Waals surface area contributed by atoms with Crippen LogP contribution in [0.5, 0.6) is 0 Å². The number of H-pyrrole nitrogens is 1. The van der Waals surface area contributed by atoms with Crippen LogP contribution in [0, 0.1) is 0 Å². The predicted molar refractivity (Wildman–Crippen MR) is 93.4 cm³/mol. The Kier molecular flexibility index (Phi) is 4.63. The fraction of sp³-hybridized carbons (Fsp3) is 0.286. The van der Waals surface area contributed by atoms with Crippen molar-refractivity contribution in [2.75, 3.05) is 23.0 Å². The van der Waals surface area contributed by atoms with Gasteiger partial charge in [0.05, 0.1) is 12.6 Å². The van der Waals surface area contributed by atoms with Crippen LogP contribution in [0.4, 0.5) is 23.1 Å². The highest BCUT2D eigenvalue weighted by Crippen LogP contribution is 2.26. The van der Waals surface area contributed by atoms with Crippen LogP contribution >= 0.6 is 11.6 Å². The Morgan fingerprint density at radius 2 is 2.12 bits per heavy atom. The van der Waals surface area contributed by atoms with Crippen molar-refractivity contribution in [3.63, 3.8) is 0 Å². The van der Waals surface area contributed by atoms with Gasteiger partial charge in [0.2, 0.25) is 11.6 Å². The van der Waals surface area contributed by atoms with Crippen molar-refractivity contribution in [2.45, 2.75) is 19.4 Å². The highest BCUT2D eigenvalue weighted by atomic mass is 35.5. The van der Waals surface area contributed by atoms with Crippen LogP contribution in [-0.4, -0.2) is 43.1 Å². The Bertz CT molecular complexity index is 828. The molecule has 1 aromatic carbocycles. The molecule has 2 heterocycles. The summed E-state index contributed by atoms with van der Waals surface area (Å²) in [7, 11) is 0. The second kappa shape index (κ2) is 6.85. The standard InChI is InChI=1S/C14H17ClN8O/c1-2-9(6-24)18-14-19-12(11-13(20-14)22-23-21-11)17-10-4-7(15)3-8(16)5-10/h3-5,9,24H,2,6,16H2,1H3,(H3,17,18,19,20,21,22,23). The number of rotatable bonds is 6. The summed E-state index contributed by atoms with van der Waals surface area (Å²) in [6, 6.07) is 4.96. The molecule has 0 aliphatic carbocycles. The van der Waals surface area contributed by atoms with Gasteiger partial charge in [0.1, 0.15) is 0 Å². The van der Waals surface area contributed by atoms with Gasteiger partial charge in [-0.3, -0.25) is 0 Å². The molecular formula is C14H17ClN8O. The van der Waals surface area contributed by atoms with E-state index >= 15 is 0 Å². The first-order valence-corrected chi connectivity index (χ1v) is 7.76. The molecule has 126 valence electrons. The lowest BCUT2D eigenvalue weighted by atomic mass is 10.2. The maximum absolute atomic E-state index is 9.33. The fourth-order valence-electron chi connectivity index (χ4n) is 2.18. The molecule has 3 rings (SSSR count). The van der Waals surface area contributed by atoms with E-state index in [0.717, 1.165) is 6.42 Å². The van der Waals surface area contributed by atoms with E-state index in [-0.39, 0.29) is 12.6 Å². The lowest BCUT2D eigenvalue weighted by molar-refractivity contribution is 0.271. The number of nitrogen functional groups attached to an aromatic ring is 1. The van der Waals surface area contributed by atoms with Crippen molar-refractivity contribution in [3.05, 3.63) is 23.2 Å². The molecule has 0 bridgehead atoms. The zero-order chi connectivity index (χ0) is 17.1. The first kappa shape index (κ1) is 16.2. The maximum Gasteiger partial charge on any atom is 0.227 e. The van der Waals surface area contributed by atoms with Crippen LogP contribution in [0.25, 0.3) is 11.2 Å². The summed E-state index contributed by atoms with van der Waals surface area (Å²) in [5.41, 5.74) is 7.89. The molecule has 0 amide bonds. The minimum absolute atomic E-state index is 0.0235. The molecule has 1 atom stereocenters. The average molecular weight is 349 g/mol. The van der Waals surface area contributed by atoms with E-state index in [1.165, 1.54) is 0 Å². The van der Waals surface area contributed by atoms with Gasteiger partial charge in [0, 0.05) is 16.4 Å². The summed E-state index contributed by atoms with van der Waals surface area (Å²) in [6.07, 6.45) is 0.726. The highest BCUT2D eigenvalue weighted by molar-refractivity contribution is 6.31. The van der Waals surface area contributed by atoms with E-state index in [2.05, 4.69) is 36.0 Å². The zero-order valence-electron chi connectivity index (χ0n) is 12.9. The smallest absolute Gasteiger partial charge is 0.227 e. The molecule has 6 N–H and O–H groups in total. The van der Waals surface area contributed by atoms with Crippen molar-refractivity contribution >= 4 is 45.9 Å². The number of nitrogens with zero attached hydrogens (tertiary/aromatic N) is 4. The second-order valence-corrected chi connectivity index (χ2v) is 5.66. The molecular weight excluding hydrogens is 332 g/mol. The maximum atomic E-state index is 9.33. The Morgan fingerprint density at radius 3 is 2.83 bits per heavy atom. The minimum atomic E-state index is -0.149. The summed E-state index contributed by atoms with van der Waals surface area (Å²) < 4.78 is 0. The van der Waals surface area contributed by atoms with E-state index in [4.69, 9.17) is 17.3 Å². The van der Waals surface area contributed by atoms with E-state index in [1.54, 1.807) is 18.2 Å². The van der Waals surface area contributed by atoms with Crippen molar-refractivity contribution in [3.8, 4) is 0 Å². The van der Waals surface area contributed by atoms with E-state index in [1.807, 2.05) is 6.92 Å². The molecule has 2 aromatic heterocycles. The molecule has 10 heteroatoms. The molecule has 0 spiro atoms. The Labute approximate surface area is 142 Å². The third-order valence-corrected chi connectivity index (χ3v) is 3.63. The van der Waals surface area contributed by atoms with Gasteiger partial charge in [-0.15, -0.1) is 5.10 Å². The second-order valence-electron chi connectivity index (χ2n) is 5.22. The molecule has 0 saturated heterocycles. The molecule has 0 aliphatic heterocycles. The van der Waals surface area contributed by atoms with Gasteiger partial charge in [-0.25, -0.2) is 0 Å². The number of aromatic nitrogens is 5. The number of aliphatic hydroxyl groups excluding tert-OH is 1. The minimum Gasteiger partial charge on any atom is -0.399 e. The number of benzene rings is 1. The number of aromatic amines is 1. The van der Waals surface area contributed by atoms with E-state index < -0.39 is 0 Å². The largest absolute Gasteiger partial charge is 0.399 e. The summed E-state index contributed by atoms with van der Waals surface area (Å²) >= 11 is 6.02. The number of hydrogen-bond donors (Lipinski definition) is 5. The summed E-state index contributed by atoms with van der Waals surface area (Å²) in [5, 5.41) is 26.6. The molecule has 0 radical (unpaired) electrons. The van der Waals surface area contributed by atoms with Gasteiger partial charge in [-0.05, 0) is 24.6 Å². The monoisotopic (exact) mass is 348 g/mol. The van der Waals surface area contributed by atoms with Crippen molar-refractivity contribution in [1.82, 2.24) is 25.4 Å². The van der Waals surface area contributed by atoms with Crippen LogP contribution in [0.1, 0.15) is 13.3 Å². The molecule has 9 nitrogen and oxygen atoms in total.